The van der Waals surface area contributed by atoms with Gasteiger partial charge in [-0.25, -0.2) is 4.90 Å². The molecule has 1 aromatic carbocycles. The molecule has 1 aliphatic rings. The molecular formula is C13H6BrClN2O2. The number of pyridine rings is 1. The molecule has 0 spiro atoms. The van der Waals surface area contributed by atoms with Crippen LogP contribution in [-0.2, 0) is 0 Å². The Morgan fingerprint density at radius 3 is 2.63 bits per heavy atom. The molecule has 2 amide bonds. The number of halogens is 2. The van der Waals surface area contributed by atoms with Crippen LogP contribution in [0.5, 0.6) is 0 Å². The lowest BCUT2D eigenvalue weighted by atomic mass is 10.2. The van der Waals surface area contributed by atoms with Gasteiger partial charge in [0.25, 0.3) is 11.8 Å². The number of nitrogens with zero attached hydrogens (tertiary/aromatic N) is 2. The van der Waals surface area contributed by atoms with Crippen molar-refractivity contribution < 1.29 is 9.59 Å². The lowest BCUT2D eigenvalue weighted by molar-refractivity contribution is 0.0924. The van der Waals surface area contributed by atoms with E-state index in [0.717, 1.165) is 4.90 Å². The first-order chi connectivity index (χ1) is 9.09. The first-order valence-electron chi connectivity index (χ1n) is 5.38. The zero-order valence-corrected chi connectivity index (χ0v) is 11.8. The van der Waals surface area contributed by atoms with Crippen molar-refractivity contribution in [2.24, 2.45) is 0 Å². The van der Waals surface area contributed by atoms with Crippen LogP contribution in [-0.4, -0.2) is 16.8 Å². The van der Waals surface area contributed by atoms with Crippen LogP contribution in [0.4, 0.5) is 5.69 Å². The van der Waals surface area contributed by atoms with Crippen LogP contribution >= 0.6 is 27.5 Å². The molecule has 0 bridgehead atoms. The van der Waals surface area contributed by atoms with Crippen molar-refractivity contribution in [3.05, 3.63) is 57.3 Å². The van der Waals surface area contributed by atoms with Crippen LogP contribution < -0.4 is 4.90 Å². The Morgan fingerprint density at radius 2 is 1.95 bits per heavy atom. The number of aromatic nitrogens is 1. The van der Waals surface area contributed by atoms with Crippen molar-refractivity contribution in [3.8, 4) is 0 Å². The summed E-state index contributed by atoms with van der Waals surface area (Å²) in [5, 5.41) is 0.512. The average molecular weight is 338 g/mol. The maximum absolute atomic E-state index is 12.2. The predicted molar refractivity (Wildman–Crippen MR) is 74.5 cm³/mol. The third-order valence-electron chi connectivity index (χ3n) is 2.81. The fourth-order valence-corrected chi connectivity index (χ4v) is 2.41. The monoisotopic (exact) mass is 336 g/mol. The van der Waals surface area contributed by atoms with Gasteiger partial charge in [0.2, 0.25) is 0 Å². The fraction of sp³-hybridized carbons (Fsp3) is 0. The van der Waals surface area contributed by atoms with E-state index in [1.807, 2.05) is 0 Å². The summed E-state index contributed by atoms with van der Waals surface area (Å²) in [4.78, 5) is 29.5. The van der Waals surface area contributed by atoms with Gasteiger partial charge in [-0.2, -0.15) is 0 Å². The van der Waals surface area contributed by atoms with E-state index >= 15 is 0 Å². The minimum absolute atomic E-state index is 0.179. The zero-order chi connectivity index (χ0) is 13.6. The topological polar surface area (TPSA) is 50.3 Å². The lowest BCUT2D eigenvalue weighted by Crippen LogP contribution is -2.29. The number of carbonyl (C=O) groups is 2. The highest BCUT2D eigenvalue weighted by Crippen LogP contribution is 2.32. The Bertz CT molecular complexity index is 683. The molecule has 0 saturated carbocycles. The maximum atomic E-state index is 12.2. The number of amides is 2. The predicted octanol–water partition coefficient (Wildman–Crippen LogP) is 3.30. The number of anilines is 1. The van der Waals surface area contributed by atoms with Gasteiger partial charge in [0, 0.05) is 10.7 Å². The largest absolute Gasteiger partial charge is 0.284 e. The van der Waals surface area contributed by atoms with Crippen LogP contribution in [0.1, 0.15) is 20.8 Å². The minimum atomic E-state index is -0.421. The Labute approximate surface area is 122 Å². The van der Waals surface area contributed by atoms with E-state index < -0.39 is 5.91 Å². The number of rotatable bonds is 1. The summed E-state index contributed by atoms with van der Waals surface area (Å²) in [7, 11) is 0. The normalized spacial score (nSPS) is 13.9. The number of hydrogen-bond acceptors (Lipinski definition) is 3. The smallest absolute Gasteiger partial charge is 0.268 e. The van der Waals surface area contributed by atoms with Gasteiger partial charge in [-0.1, -0.05) is 11.6 Å². The van der Waals surface area contributed by atoms with Gasteiger partial charge < -0.3 is 0 Å². The molecule has 4 nitrogen and oxygen atoms in total. The molecule has 6 heteroatoms. The number of imide groups is 1. The first-order valence-corrected chi connectivity index (χ1v) is 6.55. The Hall–Kier alpha value is -1.72. The van der Waals surface area contributed by atoms with Crippen molar-refractivity contribution in [1.29, 1.82) is 0 Å². The van der Waals surface area contributed by atoms with Crippen molar-refractivity contribution >= 4 is 45.0 Å². The van der Waals surface area contributed by atoms with Crippen molar-refractivity contribution in [1.82, 2.24) is 4.98 Å². The van der Waals surface area contributed by atoms with E-state index in [9.17, 15) is 9.59 Å². The quantitative estimate of drug-likeness (QED) is 0.750. The lowest BCUT2D eigenvalue weighted by Gasteiger charge is -2.14. The molecule has 0 unspecified atom stereocenters. The highest BCUT2D eigenvalue weighted by atomic mass is 79.9. The van der Waals surface area contributed by atoms with Crippen molar-refractivity contribution in [2.75, 3.05) is 4.90 Å². The second-order valence-corrected chi connectivity index (χ2v) is 5.21. The van der Waals surface area contributed by atoms with E-state index in [-0.39, 0.29) is 11.6 Å². The zero-order valence-electron chi connectivity index (χ0n) is 9.43. The Kier molecular flexibility index (Phi) is 2.88. The molecule has 0 fully saturated rings. The molecule has 19 heavy (non-hydrogen) atoms. The number of carbonyl (C=O) groups excluding carboxylic acids is 2. The third-order valence-corrected chi connectivity index (χ3v) is 4.02. The van der Waals surface area contributed by atoms with Crippen molar-refractivity contribution in [2.45, 2.75) is 0 Å². The van der Waals surface area contributed by atoms with Gasteiger partial charge in [-0.3, -0.25) is 14.6 Å². The second kappa shape index (κ2) is 4.43. The summed E-state index contributed by atoms with van der Waals surface area (Å²) in [6, 6.07) is 8.09. The standard InChI is InChI=1S/C13H6BrClN2O2/c14-9-6-7(3-4-10(9)15)17-12(18)8-2-1-5-16-11(8)13(17)19/h1-6H. The van der Waals surface area contributed by atoms with E-state index in [1.54, 1.807) is 30.3 Å². The van der Waals surface area contributed by atoms with E-state index in [1.165, 1.54) is 6.20 Å². The summed E-state index contributed by atoms with van der Waals surface area (Å²) in [6.45, 7) is 0. The van der Waals surface area contributed by atoms with Gasteiger partial charge in [0.05, 0.1) is 16.3 Å². The first kappa shape index (κ1) is 12.3. The Morgan fingerprint density at radius 1 is 1.16 bits per heavy atom. The molecule has 0 N–H and O–H groups in total. The molecule has 2 heterocycles. The van der Waals surface area contributed by atoms with Gasteiger partial charge in [0.15, 0.2) is 0 Å². The molecule has 3 rings (SSSR count). The molecule has 0 radical (unpaired) electrons. The van der Waals surface area contributed by atoms with Crippen LogP contribution in [0.3, 0.4) is 0 Å². The highest BCUT2D eigenvalue weighted by molar-refractivity contribution is 9.10. The van der Waals surface area contributed by atoms with Gasteiger partial charge in [0.1, 0.15) is 5.69 Å². The third kappa shape index (κ3) is 1.86. The van der Waals surface area contributed by atoms with Crippen LogP contribution in [0.15, 0.2) is 41.0 Å². The van der Waals surface area contributed by atoms with E-state index in [0.29, 0.717) is 20.7 Å². The molecule has 0 atom stereocenters. The van der Waals surface area contributed by atoms with Crippen LogP contribution in [0.25, 0.3) is 0 Å². The molecule has 1 aliphatic heterocycles. The molecule has 0 saturated heterocycles. The summed E-state index contributed by atoms with van der Waals surface area (Å²) in [5.41, 5.74) is 0.960. The average Bonchev–Trinajstić information content (AvgIpc) is 2.66. The number of hydrogen-bond donors (Lipinski definition) is 0. The summed E-state index contributed by atoms with van der Waals surface area (Å²) in [5.74, 6) is -0.794. The second-order valence-electron chi connectivity index (χ2n) is 3.94. The SMILES string of the molecule is O=C1c2cccnc2C(=O)N1c1ccc(Cl)c(Br)c1. The van der Waals surface area contributed by atoms with E-state index in [4.69, 9.17) is 11.6 Å². The number of fused-ring (bicyclic) bond motifs is 1. The fourth-order valence-electron chi connectivity index (χ4n) is 1.93. The summed E-state index contributed by atoms with van der Waals surface area (Å²) >= 11 is 9.17. The summed E-state index contributed by atoms with van der Waals surface area (Å²) < 4.78 is 0.621. The molecule has 2 aromatic rings. The highest BCUT2D eigenvalue weighted by Gasteiger charge is 2.37. The van der Waals surface area contributed by atoms with E-state index in [2.05, 4.69) is 20.9 Å². The van der Waals surface area contributed by atoms with Gasteiger partial charge >= 0.3 is 0 Å². The summed E-state index contributed by atoms with van der Waals surface area (Å²) in [6.07, 6.45) is 1.49. The molecule has 94 valence electrons. The molecule has 1 aromatic heterocycles. The Balaban J connectivity index is 2.11. The van der Waals surface area contributed by atoms with Crippen LogP contribution in [0, 0.1) is 0 Å². The van der Waals surface area contributed by atoms with Crippen LogP contribution in [0.2, 0.25) is 5.02 Å². The van der Waals surface area contributed by atoms with Gasteiger partial charge in [-0.15, -0.1) is 0 Å². The minimum Gasteiger partial charge on any atom is -0.268 e. The number of benzene rings is 1. The molecule has 0 aliphatic carbocycles. The molecular weight excluding hydrogens is 332 g/mol. The van der Waals surface area contributed by atoms with Gasteiger partial charge in [-0.05, 0) is 46.3 Å². The maximum Gasteiger partial charge on any atom is 0.284 e. The van der Waals surface area contributed by atoms with Crippen molar-refractivity contribution in [3.63, 3.8) is 0 Å².